The van der Waals surface area contributed by atoms with Gasteiger partial charge in [-0.1, -0.05) is 28.9 Å². The quantitative estimate of drug-likeness (QED) is 0.405. The van der Waals surface area contributed by atoms with E-state index in [-0.39, 0.29) is 5.88 Å². The van der Waals surface area contributed by atoms with Gasteiger partial charge in [0.1, 0.15) is 0 Å². The van der Waals surface area contributed by atoms with Crippen molar-refractivity contribution in [2.75, 3.05) is 5.88 Å². The molecule has 0 saturated heterocycles. The van der Waals surface area contributed by atoms with Gasteiger partial charge in [0.2, 0.25) is 0 Å². The van der Waals surface area contributed by atoms with E-state index in [9.17, 15) is 0 Å². The fraction of sp³-hybridized carbons (Fsp3) is 0.250. The van der Waals surface area contributed by atoms with Crippen molar-refractivity contribution in [3.8, 4) is 0 Å². The summed E-state index contributed by atoms with van der Waals surface area (Å²) in [4.78, 5) is 0. The average Bonchev–Trinajstić information content (AvgIpc) is 1.68. The minimum Gasteiger partial charge on any atom is -0.120 e. The number of rotatable bonds is 1. The lowest BCUT2D eigenvalue weighted by atomic mass is 10.7. The minimum atomic E-state index is 0.269. The summed E-state index contributed by atoms with van der Waals surface area (Å²) in [6.07, 6.45) is 0. The standard InChI is InChI=1S/C4H3Cl3/c5-2-1-4(7)3-6/h2H,3H2. The summed E-state index contributed by atoms with van der Waals surface area (Å²) in [7, 11) is 0. The summed E-state index contributed by atoms with van der Waals surface area (Å²) >= 11 is 15.6. The van der Waals surface area contributed by atoms with Gasteiger partial charge in [0.15, 0.2) is 0 Å². The van der Waals surface area contributed by atoms with Gasteiger partial charge in [-0.15, -0.1) is 11.6 Å². The van der Waals surface area contributed by atoms with Crippen LogP contribution in [0.4, 0.5) is 0 Å². The average molecular weight is 157 g/mol. The molecule has 0 aromatic carbocycles. The molecule has 0 saturated carbocycles. The molecule has 0 heterocycles. The summed E-state index contributed by atoms with van der Waals surface area (Å²) in [5.41, 5.74) is 3.68. The van der Waals surface area contributed by atoms with E-state index in [1.807, 2.05) is 0 Å². The summed E-state index contributed by atoms with van der Waals surface area (Å²) < 4.78 is 0. The number of alkyl halides is 1. The monoisotopic (exact) mass is 156 g/mol. The lowest BCUT2D eigenvalue weighted by molar-refractivity contribution is 1.70. The van der Waals surface area contributed by atoms with Crippen molar-refractivity contribution in [1.82, 2.24) is 0 Å². The maximum Gasteiger partial charge on any atom is 0.0754 e. The van der Waals surface area contributed by atoms with E-state index < -0.39 is 0 Å². The Hall–Kier alpha value is 0.390. The van der Waals surface area contributed by atoms with Crippen LogP contribution in [0.15, 0.2) is 16.3 Å². The van der Waals surface area contributed by atoms with Gasteiger partial charge in [-0.2, -0.15) is 0 Å². The molecule has 0 rings (SSSR count). The maximum absolute atomic E-state index is 5.32. The molecule has 0 spiro atoms. The van der Waals surface area contributed by atoms with Crippen molar-refractivity contribution in [2.45, 2.75) is 0 Å². The van der Waals surface area contributed by atoms with Gasteiger partial charge in [-0.3, -0.25) is 0 Å². The van der Waals surface area contributed by atoms with Gasteiger partial charge in [-0.25, -0.2) is 0 Å². The van der Waals surface area contributed by atoms with Crippen LogP contribution in [0.5, 0.6) is 0 Å². The minimum absolute atomic E-state index is 0.269. The van der Waals surface area contributed by atoms with Crippen LogP contribution in [0.3, 0.4) is 0 Å². The highest BCUT2D eigenvalue weighted by Gasteiger charge is 1.79. The first-order valence-electron chi connectivity index (χ1n) is 1.57. The molecule has 0 nitrogen and oxygen atoms in total. The van der Waals surface area contributed by atoms with Gasteiger partial charge >= 0.3 is 0 Å². The molecule has 0 bridgehead atoms. The Labute approximate surface area is 57.4 Å². The Kier molecular flexibility index (Phi) is 4.80. The predicted molar refractivity (Wildman–Crippen MR) is 34.0 cm³/mol. The number of hydrogen-bond acceptors (Lipinski definition) is 0. The summed E-state index contributed by atoms with van der Waals surface area (Å²) in [5, 5.41) is 0.427. The molecule has 0 radical (unpaired) electrons. The topological polar surface area (TPSA) is 0 Å². The van der Waals surface area contributed by atoms with Gasteiger partial charge in [-0.05, 0) is 0 Å². The van der Waals surface area contributed by atoms with Crippen LogP contribution in [-0.2, 0) is 0 Å². The molecule has 0 aliphatic heterocycles. The highest BCUT2D eigenvalue weighted by molar-refractivity contribution is 6.36. The van der Waals surface area contributed by atoms with Crippen LogP contribution in [0.25, 0.3) is 0 Å². The largest absolute Gasteiger partial charge is 0.120 e. The van der Waals surface area contributed by atoms with E-state index in [0.29, 0.717) is 5.03 Å². The molecule has 0 atom stereocenters. The predicted octanol–water partition coefficient (Wildman–Crippen LogP) is 2.70. The molecule has 0 aliphatic carbocycles. The molecule has 0 N–H and O–H groups in total. The number of hydrogen-bond donors (Lipinski definition) is 0. The molecule has 3 heteroatoms. The van der Waals surface area contributed by atoms with Crippen LogP contribution in [0.2, 0.25) is 0 Å². The van der Waals surface area contributed by atoms with E-state index in [0.717, 1.165) is 0 Å². The molecular weight excluding hydrogens is 154 g/mol. The summed E-state index contributed by atoms with van der Waals surface area (Å²) in [6.45, 7) is 0. The smallest absolute Gasteiger partial charge is 0.0754 e. The highest BCUT2D eigenvalue weighted by Crippen LogP contribution is 1.99. The summed E-state index contributed by atoms with van der Waals surface area (Å²) in [5.74, 6) is 0.269. The molecule has 0 amide bonds. The Morgan fingerprint density at radius 2 is 2.29 bits per heavy atom. The van der Waals surface area contributed by atoms with Gasteiger partial charge in [0.05, 0.1) is 10.9 Å². The SMILES string of the molecule is ClC=C=C(Cl)CCl. The lowest BCUT2D eigenvalue weighted by Crippen LogP contribution is -1.63. The first-order valence-corrected chi connectivity index (χ1v) is 2.92. The van der Waals surface area contributed by atoms with Crippen molar-refractivity contribution in [3.05, 3.63) is 16.3 Å². The van der Waals surface area contributed by atoms with E-state index >= 15 is 0 Å². The first kappa shape index (κ1) is 7.39. The lowest BCUT2D eigenvalue weighted by Gasteiger charge is -1.75. The van der Waals surface area contributed by atoms with Gasteiger partial charge in [0, 0.05) is 5.54 Å². The summed E-state index contributed by atoms with van der Waals surface area (Å²) in [6, 6.07) is 0. The van der Waals surface area contributed by atoms with Gasteiger partial charge in [0.25, 0.3) is 0 Å². The molecule has 0 aromatic rings. The normalized spacial score (nSPS) is 7.29. The molecule has 0 unspecified atom stereocenters. The Balaban J connectivity index is 3.74. The molecular formula is C4H3Cl3. The fourth-order valence-electron chi connectivity index (χ4n) is 0.0978. The maximum atomic E-state index is 5.32. The second-order valence-electron chi connectivity index (χ2n) is 0.792. The van der Waals surface area contributed by atoms with Crippen LogP contribution in [-0.4, -0.2) is 5.88 Å². The zero-order chi connectivity index (χ0) is 5.70. The van der Waals surface area contributed by atoms with Crippen LogP contribution >= 0.6 is 34.8 Å². The van der Waals surface area contributed by atoms with Gasteiger partial charge < -0.3 is 0 Å². The number of halogens is 3. The van der Waals surface area contributed by atoms with E-state index in [4.69, 9.17) is 34.8 Å². The third kappa shape index (κ3) is 4.24. The Morgan fingerprint density at radius 1 is 1.71 bits per heavy atom. The third-order valence-corrected chi connectivity index (χ3v) is 1.08. The fourth-order valence-corrected chi connectivity index (χ4v) is 0.417. The van der Waals surface area contributed by atoms with E-state index in [1.165, 1.54) is 5.54 Å². The van der Waals surface area contributed by atoms with E-state index in [1.54, 1.807) is 0 Å². The molecule has 0 aromatic heterocycles. The van der Waals surface area contributed by atoms with Crippen molar-refractivity contribution in [2.24, 2.45) is 0 Å². The molecule has 40 valence electrons. The Morgan fingerprint density at radius 3 is 2.43 bits per heavy atom. The molecule has 7 heavy (non-hydrogen) atoms. The van der Waals surface area contributed by atoms with Crippen molar-refractivity contribution < 1.29 is 0 Å². The van der Waals surface area contributed by atoms with Crippen LogP contribution in [0.1, 0.15) is 0 Å². The molecule has 0 aliphatic rings. The first-order chi connectivity index (χ1) is 3.31. The van der Waals surface area contributed by atoms with Crippen molar-refractivity contribution in [1.29, 1.82) is 0 Å². The zero-order valence-electron chi connectivity index (χ0n) is 3.42. The van der Waals surface area contributed by atoms with Crippen LogP contribution < -0.4 is 0 Å². The second-order valence-corrected chi connectivity index (χ2v) is 1.73. The molecule has 0 fully saturated rings. The number of allylic oxidation sites excluding steroid dienone is 1. The Bertz CT molecular complexity index is 99.5. The highest BCUT2D eigenvalue weighted by atomic mass is 35.5. The van der Waals surface area contributed by atoms with Crippen LogP contribution in [0, 0.1) is 0 Å². The zero-order valence-corrected chi connectivity index (χ0v) is 5.69. The third-order valence-electron chi connectivity index (χ3n) is 0.328. The second kappa shape index (κ2) is 4.55. The van der Waals surface area contributed by atoms with Crippen molar-refractivity contribution >= 4 is 34.8 Å². The van der Waals surface area contributed by atoms with Crippen molar-refractivity contribution in [3.63, 3.8) is 0 Å². The van der Waals surface area contributed by atoms with E-state index in [2.05, 4.69) is 5.73 Å².